The van der Waals surface area contributed by atoms with Crippen LogP contribution >= 0.6 is 0 Å². The van der Waals surface area contributed by atoms with Crippen molar-refractivity contribution in [2.45, 2.75) is 49.9 Å². The topological polar surface area (TPSA) is 54.3 Å². The quantitative estimate of drug-likeness (QED) is 0.341. The van der Waals surface area contributed by atoms with Gasteiger partial charge in [-0.2, -0.15) is 0 Å². The van der Waals surface area contributed by atoms with Crippen LogP contribution in [0, 0.1) is 5.82 Å². The number of hydrogen-bond donors (Lipinski definition) is 1. The molecule has 39 heavy (non-hydrogen) atoms. The Morgan fingerprint density at radius 3 is 2.44 bits per heavy atom. The van der Waals surface area contributed by atoms with Gasteiger partial charge < -0.3 is 14.8 Å². The number of aromatic nitrogens is 1. The number of para-hydroxylation sites is 1. The van der Waals surface area contributed by atoms with Crippen molar-refractivity contribution >= 4 is 22.7 Å². The predicted octanol–water partition coefficient (Wildman–Crippen LogP) is 5.58. The van der Waals surface area contributed by atoms with E-state index in [0.717, 1.165) is 35.0 Å². The molecule has 1 aliphatic heterocycles. The third-order valence-electron chi connectivity index (χ3n) is 8.05. The fourth-order valence-corrected chi connectivity index (χ4v) is 5.77. The summed E-state index contributed by atoms with van der Waals surface area (Å²) in [5, 5.41) is 4.03. The standard InChI is InChI=1S/C32H31F2N3O2/c1-36-25(15-22-9-5-6-10-28(22)36)18-30(38)37-19-24(33)17-29(37)32(39)35-31(21-7-3-2-4-8-21)23-13-14-26(20-11-12-20)27(34)16-23/h2-10,13-16,20,24,29,31H,11-12,17-19H2,1H3,(H,35,39). The van der Waals surface area contributed by atoms with Crippen molar-refractivity contribution in [1.29, 1.82) is 0 Å². The Kier molecular flexibility index (Phi) is 6.67. The van der Waals surface area contributed by atoms with Gasteiger partial charge in [-0.15, -0.1) is 0 Å². The maximum absolute atomic E-state index is 15.0. The zero-order valence-corrected chi connectivity index (χ0v) is 21.8. The molecular formula is C32H31F2N3O2. The molecular weight excluding hydrogens is 496 g/mol. The van der Waals surface area contributed by atoms with Crippen LogP contribution in [0.3, 0.4) is 0 Å². The van der Waals surface area contributed by atoms with E-state index in [-0.39, 0.29) is 37.0 Å². The summed E-state index contributed by atoms with van der Waals surface area (Å²) in [6, 6.07) is 22.7. The third-order valence-corrected chi connectivity index (χ3v) is 8.05. The average Bonchev–Trinajstić information content (AvgIpc) is 3.63. The Balaban J connectivity index is 1.24. The van der Waals surface area contributed by atoms with Gasteiger partial charge in [0.2, 0.25) is 11.8 Å². The number of likely N-dealkylation sites (tertiary alicyclic amines) is 1. The van der Waals surface area contributed by atoms with Crippen molar-refractivity contribution in [2.24, 2.45) is 7.05 Å². The van der Waals surface area contributed by atoms with Gasteiger partial charge in [0, 0.05) is 24.7 Å². The van der Waals surface area contributed by atoms with Crippen molar-refractivity contribution in [3.05, 3.63) is 107 Å². The summed E-state index contributed by atoms with van der Waals surface area (Å²) < 4.78 is 31.6. The summed E-state index contributed by atoms with van der Waals surface area (Å²) in [6.07, 6.45) is 0.691. The second kappa shape index (κ2) is 10.3. The van der Waals surface area contributed by atoms with E-state index in [1.807, 2.05) is 78.3 Å². The predicted molar refractivity (Wildman–Crippen MR) is 146 cm³/mol. The maximum Gasteiger partial charge on any atom is 0.243 e. The third kappa shape index (κ3) is 5.05. The Morgan fingerprint density at radius 1 is 0.974 bits per heavy atom. The van der Waals surface area contributed by atoms with Crippen molar-refractivity contribution in [3.63, 3.8) is 0 Å². The van der Waals surface area contributed by atoms with E-state index in [4.69, 9.17) is 0 Å². The van der Waals surface area contributed by atoms with Crippen LogP contribution in [0.15, 0.2) is 78.9 Å². The van der Waals surface area contributed by atoms with Gasteiger partial charge in [-0.25, -0.2) is 8.78 Å². The number of nitrogens with one attached hydrogen (secondary N) is 1. The molecule has 4 aromatic rings. The van der Waals surface area contributed by atoms with Gasteiger partial charge in [0.05, 0.1) is 19.0 Å². The molecule has 0 radical (unpaired) electrons. The molecule has 2 fully saturated rings. The second-order valence-electron chi connectivity index (χ2n) is 10.7. The van der Waals surface area contributed by atoms with Gasteiger partial charge in [-0.1, -0.05) is 60.7 Å². The van der Waals surface area contributed by atoms with Crippen molar-refractivity contribution in [3.8, 4) is 0 Å². The zero-order chi connectivity index (χ0) is 27.1. The molecule has 1 N–H and O–H groups in total. The number of benzene rings is 3. The van der Waals surface area contributed by atoms with Crippen LogP contribution in [0.5, 0.6) is 0 Å². The minimum absolute atomic E-state index is 0.0663. The van der Waals surface area contributed by atoms with Crippen LogP contribution in [-0.2, 0) is 23.1 Å². The Bertz CT molecular complexity index is 1530. The van der Waals surface area contributed by atoms with E-state index < -0.39 is 24.2 Å². The van der Waals surface area contributed by atoms with Crippen LogP contribution < -0.4 is 5.32 Å². The fourth-order valence-electron chi connectivity index (χ4n) is 5.77. The van der Waals surface area contributed by atoms with Crippen LogP contribution in [0.25, 0.3) is 10.9 Å². The summed E-state index contributed by atoms with van der Waals surface area (Å²) >= 11 is 0. The molecule has 3 atom stereocenters. The number of aryl methyl sites for hydroxylation is 1. The Labute approximate surface area is 226 Å². The number of hydrogen-bond acceptors (Lipinski definition) is 2. The Morgan fingerprint density at radius 2 is 1.72 bits per heavy atom. The van der Waals surface area contributed by atoms with Crippen molar-refractivity contribution < 1.29 is 18.4 Å². The van der Waals surface area contributed by atoms with Gasteiger partial charge in [0.15, 0.2) is 0 Å². The van der Waals surface area contributed by atoms with Gasteiger partial charge >= 0.3 is 0 Å². The lowest BCUT2D eigenvalue weighted by atomic mass is 9.96. The molecule has 2 aliphatic rings. The lowest BCUT2D eigenvalue weighted by molar-refractivity contribution is -0.138. The fraction of sp³-hybridized carbons (Fsp3) is 0.312. The molecule has 0 bridgehead atoms. The molecule has 1 aliphatic carbocycles. The minimum Gasteiger partial charge on any atom is -0.347 e. The van der Waals surface area contributed by atoms with Crippen LogP contribution in [0.2, 0.25) is 0 Å². The number of halogens is 2. The van der Waals surface area contributed by atoms with Crippen molar-refractivity contribution in [1.82, 2.24) is 14.8 Å². The Hall–Kier alpha value is -4.00. The highest BCUT2D eigenvalue weighted by Gasteiger charge is 2.40. The first-order valence-electron chi connectivity index (χ1n) is 13.5. The molecule has 200 valence electrons. The molecule has 1 aromatic heterocycles. The monoisotopic (exact) mass is 527 g/mol. The van der Waals surface area contributed by atoms with Crippen LogP contribution in [-0.4, -0.2) is 40.0 Å². The lowest BCUT2D eigenvalue weighted by Crippen LogP contribution is -2.47. The molecule has 3 aromatic carbocycles. The number of rotatable bonds is 7. The molecule has 1 saturated carbocycles. The normalized spacial score (nSPS) is 19.8. The molecule has 1 saturated heterocycles. The molecule has 2 heterocycles. The van der Waals surface area contributed by atoms with E-state index in [9.17, 15) is 18.4 Å². The SMILES string of the molecule is Cn1c(CC(=O)N2CC(F)CC2C(=O)NC(c2ccccc2)c2ccc(C3CC3)c(F)c2)cc2ccccc21. The van der Waals surface area contributed by atoms with Crippen molar-refractivity contribution in [2.75, 3.05) is 6.54 Å². The molecule has 0 spiro atoms. The largest absolute Gasteiger partial charge is 0.347 e. The van der Waals surface area contributed by atoms with Crippen LogP contribution in [0.1, 0.15) is 53.6 Å². The maximum atomic E-state index is 15.0. The highest BCUT2D eigenvalue weighted by molar-refractivity contribution is 5.90. The van der Waals surface area contributed by atoms with Crippen LogP contribution in [0.4, 0.5) is 8.78 Å². The summed E-state index contributed by atoms with van der Waals surface area (Å²) in [5.41, 5.74) is 3.91. The first-order valence-corrected chi connectivity index (χ1v) is 13.5. The van der Waals surface area contributed by atoms with E-state index in [1.165, 1.54) is 11.0 Å². The number of carbonyl (C=O) groups excluding carboxylic acids is 2. The molecule has 5 nitrogen and oxygen atoms in total. The second-order valence-corrected chi connectivity index (χ2v) is 10.7. The summed E-state index contributed by atoms with van der Waals surface area (Å²) in [6.45, 7) is -0.123. The van der Waals surface area contributed by atoms with E-state index >= 15 is 0 Å². The summed E-state index contributed by atoms with van der Waals surface area (Å²) in [4.78, 5) is 28.4. The van der Waals surface area contributed by atoms with Gasteiger partial charge in [-0.05, 0) is 59.0 Å². The smallest absolute Gasteiger partial charge is 0.243 e. The summed E-state index contributed by atoms with van der Waals surface area (Å²) in [7, 11) is 1.90. The van der Waals surface area contributed by atoms with E-state index in [1.54, 1.807) is 6.07 Å². The van der Waals surface area contributed by atoms with Gasteiger partial charge in [0.25, 0.3) is 0 Å². The summed E-state index contributed by atoms with van der Waals surface area (Å²) in [5.74, 6) is -0.745. The number of alkyl halides is 1. The molecule has 7 heteroatoms. The average molecular weight is 528 g/mol. The number of nitrogens with zero attached hydrogens (tertiary/aromatic N) is 2. The lowest BCUT2D eigenvalue weighted by Gasteiger charge is -2.27. The number of fused-ring (bicyclic) bond motifs is 1. The highest BCUT2D eigenvalue weighted by Crippen LogP contribution is 2.42. The first kappa shape index (κ1) is 25.3. The zero-order valence-electron chi connectivity index (χ0n) is 21.8. The number of carbonyl (C=O) groups is 2. The van der Waals surface area contributed by atoms with Gasteiger partial charge in [-0.3, -0.25) is 9.59 Å². The van der Waals surface area contributed by atoms with E-state index in [0.29, 0.717) is 11.1 Å². The van der Waals surface area contributed by atoms with Gasteiger partial charge in [0.1, 0.15) is 18.0 Å². The van der Waals surface area contributed by atoms with E-state index in [2.05, 4.69) is 5.32 Å². The molecule has 3 unspecified atom stereocenters. The molecule has 6 rings (SSSR count). The first-order chi connectivity index (χ1) is 18.9. The number of amides is 2. The highest BCUT2D eigenvalue weighted by atomic mass is 19.1. The minimum atomic E-state index is -1.29. The molecule has 2 amide bonds.